The molecule has 2 aromatic heterocycles. The molecule has 16 heavy (non-hydrogen) atoms. The molecule has 0 fully saturated rings. The van der Waals surface area contributed by atoms with Crippen molar-refractivity contribution < 1.29 is 9.53 Å². The summed E-state index contributed by atoms with van der Waals surface area (Å²) >= 11 is 0. The fourth-order valence-corrected chi connectivity index (χ4v) is 1.10. The van der Waals surface area contributed by atoms with Gasteiger partial charge < -0.3 is 4.74 Å². The average molecular weight is 216 g/mol. The molecule has 2 rings (SSSR count). The molecule has 2 aromatic rings. The van der Waals surface area contributed by atoms with Crippen LogP contribution in [-0.2, 0) is 4.74 Å². The molecule has 0 aliphatic carbocycles. The molecule has 6 heteroatoms. The van der Waals surface area contributed by atoms with E-state index in [1.165, 1.54) is 19.5 Å². The molecule has 0 radical (unpaired) electrons. The highest BCUT2D eigenvalue weighted by Crippen LogP contribution is 2.10. The lowest BCUT2D eigenvalue weighted by atomic mass is 10.3. The summed E-state index contributed by atoms with van der Waals surface area (Å²) in [7, 11) is 1.29. The summed E-state index contributed by atoms with van der Waals surface area (Å²) in [5, 5.41) is 0. The SMILES string of the molecule is COC(=O)c1cnc(-c2cnccn2)cn1. The third-order valence-corrected chi connectivity index (χ3v) is 1.87. The van der Waals surface area contributed by atoms with Gasteiger partial charge in [0, 0.05) is 12.4 Å². The molecule has 0 bridgehead atoms. The van der Waals surface area contributed by atoms with Crippen molar-refractivity contribution >= 4 is 5.97 Å². The number of hydrogen-bond donors (Lipinski definition) is 0. The van der Waals surface area contributed by atoms with Crippen LogP contribution < -0.4 is 0 Å². The van der Waals surface area contributed by atoms with Crippen molar-refractivity contribution in [2.75, 3.05) is 7.11 Å². The molecule has 0 aliphatic rings. The zero-order chi connectivity index (χ0) is 11.4. The van der Waals surface area contributed by atoms with Crippen LogP contribution in [0.5, 0.6) is 0 Å². The molecule has 0 unspecified atom stereocenters. The van der Waals surface area contributed by atoms with E-state index in [1.54, 1.807) is 18.6 Å². The van der Waals surface area contributed by atoms with E-state index in [0.29, 0.717) is 11.4 Å². The highest BCUT2D eigenvalue weighted by Gasteiger charge is 2.08. The van der Waals surface area contributed by atoms with Crippen molar-refractivity contribution in [3.8, 4) is 11.4 Å². The van der Waals surface area contributed by atoms with Crippen molar-refractivity contribution in [2.45, 2.75) is 0 Å². The van der Waals surface area contributed by atoms with Crippen LogP contribution in [0.3, 0.4) is 0 Å². The number of methoxy groups -OCH3 is 1. The molecular weight excluding hydrogens is 208 g/mol. The Labute approximate surface area is 91.4 Å². The largest absolute Gasteiger partial charge is 0.464 e. The Morgan fingerprint density at radius 2 is 1.88 bits per heavy atom. The normalized spacial score (nSPS) is 9.81. The number of nitrogens with zero attached hydrogens (tertiary/aromatic N) is 4. The number of aromatic nitrogens is 4. The molecule has 0 atom stereocenters. The lowest BCUT2D eigenvalue weighted by Gasteiger charge is -2.00. The summed E-state index contributed by atoms with van der Waals surface area (Å²) < 4.78 is 4.51. The van der Waals surface area contributed by atoms with E-state index in [9.17, 15) is 4.79 Å². The fourth-order valence-electron chi connectivity index (χ4n) is 1.10. The minimum Gasteiger partial charge on any atom is -0.464 e. The Hall–Kier alpha value is -2.37. The van der Waals surface area contributed by atoms with Gasteiger partial charge in [0.15, 0.2) is 5.69 Å². The Morgan fingerprint density at radius 1 is 1.06 bits per heavy atom. The molecule has 80 valence electrons. The molecule has 0 spiro atoms. The number of hydrogen-bond acceptors (Lipinski definition) is 6. The minimum atomic E-state index is -0.516. The highest BCUT2D eigenvalue weighted by molar-refractivity contribution is 5.86. The van der Waals surface area contributed by atoms with Crippen molar-refractivity contribution in [3.05, 3.63) is 36.7 Å². The third-order valence-electron chi connectivity index (χ3n) is 1.87. The van der Waals surface area contributed by atoms with Crippen molar-refractivity contribution in [1.29, 1.82) is 0 Å². The first-order valence-electron chi connectivity index (χ1n) is 4.48. The van der Waals surface area contributed by atoms with E-state index in [2.05, 4.69) is 24.7 Å². The van der Waals surface area contributed by atoms with Crippen LogP contribution in [0, 0.1) is 0 Å². The van der Waals surface area contributed by atoms with Gasteiger partial charge in [0.25, 0.3) is 0 Å². The second-order valence-corrected chi connectivity index (χ2v) is 2.87. The van der Waals surface area contributed by atoms with E-state index >= 15 is 0 Å². The van der Waals surface area contributed by atoms with Crippen LogP contribution in [0.1, 0.15) is 10.5 Å². The first kappa shape index (κ1) is 10.2. The molecule has 0 amide bonds. The number of ether oxygens (including phenoxy) is 1. The maximum Gasteiger partial charge on any atom is 0.358 e. The lowest BCUT2D eigenvalue weighted by molar-refractivity contribution is 0.0593. The molecule has 0 saturated heterocycles. The second-order valence-electron chi connectivity index (χ2n) is 2.87. The Balaban J connectivity index is 2.30. The lowest BCUT2D eigenvalue weighted by Crippen LogP contribution is -2.05. The van der Waals surface area contributed by atoms with Crippen LogP contribution in [0.25, 0.3) is 11.4 Å². The Morgan fingerprint density at radius 3 is 2.44 bits per heavy atom. The van der Waals surface area contributed by atoms with Crippen molar-refractivity contribution in [3.63, 3.8) is 0 Å². The number of carbonyl (C=O) groups excluding carboxylic acids is 1. The van der Waals surface area contributed by atoms with Crippen LogP contribution >= 0.6 is 0 Å². The van der Waals surface area contributed by atoms with Crippen molar-refractivity contribution in [2.24, 2.45) is 0 Å². The zero-order valence-electron chi connectivity index (χ0n) is 8.49. The van der Waals surface area contributed by atoms with Crippen molar-refractivity contribution in [1.82, 2.24) is 19.9 Å². The first-order chi connectivity index (χ1) is 7.81. The monoisotopic (exact) mass is 216 g/mol. The summed E-state index contributed by atoms with van der Waals surface area (Å²) in [5.41, 5.74) is 1.32. The van der Waals surface area contributed by atoms with E-state index in [0.717, 1.165) is 0 Å². The van der Waals surface area contributed by atoms with Gasteiger partial charge in [-0.2, -0.15) is 0 Å². The molecular formula is C10H8N4O2. The van der Waals surface area contributed by atoms with E-state index in [-0.39, 0.29) is 5.69 Å². The molecule has 6 nitrogen and oxygen atoms in total. The second kappa shape index (κ2) is 4.43. The van der Waals surface area contributed by atoms with Crippen LogP contribution in [-0.4, -0.2) is 33.0 Å². The van der Waals surface area contributed by atoms with Gasteiger partial charge >= 0.3 is 5.97 Å². The summed E-state index contributed by atoms with van der Waals surface area (Å²) in [6.07, 6.45) is 7.50. The van der Waals surface area contributed by atoms with E-state index in [4.69, 9.17) is 0 Å². The number of rotatable bonds is 2. The molecule has 2 heterocycles. The van der Waals surface area contributed by atoms with Gasteiger partial charge in [0.05, 0.1) is 25.7 Å². The molecule has 0 N–H and O–H groups in total. The van der Waals surface area contributed by atoms with Gasteiger partial charge in [-0.25, -0.2) is 9.78 Å². The van der Waals surface area contributed by atoms with Gasteiger partial charge in [0.1, 0.15) is 11.4 Å². The van der Waals surface area contributed by atoms with Gasteiger partial charge in [0.2, 0.25) is 0 Å². The number of esters is 1. The number of carbonyl (C=O) groups is 1. The molecule has 0 saturated carbocycles. The average Bonchev–Trinajstić information content (AvgIpc) is 2.39. The Bertz CT molecular complexity index is 484. The maximum atomic E-state index is 11.1. The van der Waals surface area contributed by atoms with Gasteiger partial charge in [-0.3, -0.25) is 15.0 Å². The topological polar surface area (TPSA) is 77.9 Å². The van der Waals surface area contributed by atoms with Crippen LogP contribution in [0.2, 0.25) is 0 Å². The van der Waals surface area contributed by atoms with E-state index < -0.39 is 5.97 Å². The van der Waals surface area contributed by atoms with Gasteiger partial charge in [-0.15, -0.1) is 0 Å². The highest BCUT2D eigenvalue weighted by atomic mass is 16.5. The zero-order valence-corrected chi connectivity index (χ0v) is 8.49. The quantitative estimate of drug-likeness (QED) is 0.688. The van der Waals surface area contributed by atoms with Crippen LogP contribution in [0.15, 0.2) is 31.0 Å². The summed E-state index contributed by atoms with van der Waals surface area (Å²) in [6.45, 7) is 0. The molecule has 0 aliphatic heterocycles. The van der Waals surface area contributed by atoms with Crippen LogP contribution in [0.4, 0.5) is 0 Å². The smallest absolute Gasteiger partial charge is 0.358 e. The summed E-state index contributed by atoms with van der Waals surface area (Å²) in [5.74, 6) is -0.516. The predicted molar refractivity (Wildman–Crippen MR) is 54.4 cm³/mol. The third kappa shape index (κ3) is 2.00. The van der Waals surface area contributed by atoms with Gasteiger partial charge in [-0.1, -0.05) is 0 Å². The predicted octanol–water partition coefficient (Wildman–Crippen LogP) is 0.720. The first-order valence-corrected chi connectivity index (χ1v) is 4.48. The van der Waals surface area contributed by atoms with E-state index in [1.807, 2.05) is 0 Å². The molecule has 0 aromatic carbocycles. The Kier molecular flexibility index (Phi) is 2.81. The summed E-state index contributed by atoms with van der Waals surface area (Å²) in [6, 6.07) is 0. The fraction of sp³-hybridized carbons (Fsp3) is 0.100. The maximum absolute atomic E-state index is 11.1. The minimum absolute atomic E-state index is 0.162. The van der Waals surface area contributed by atoms with Gasteiger partial charge in [-0.05, 0) is 0 Å². The standard InChI is InChI=1S/C10H8N4O2/c1-16-10(15)9-6-13-8(5-14-9)7-4-11-2-3-12-7/h2-6H,1H3. The summed E-state index contributed by atoms with van der Waals surface area (Å²) in [4.78, 5) is 27.1.